The number of rotatable bonds is 6. The van der Waals surface area contributed by atoms with Gasteiger partial charge in [0.2, 0.25) is 0 Å². The Hall–Kier alpha value is -3.28. The largest absolute Gasteiger partial charge is 0.497 e. The minimum atomic E-state index is -0.0565. The Kier molecular flexibility index (Phi) is 4.78. The topological polar surface area (TPSA) is 67.5 Å². The predicted octanol–water partition coefficient (Wildman–Crippen LogP) is 3.58. The summed E-state index contributed by atoms with van der Waals surface area (Å²) < 4.78 is 10.9. The quantitative estimate of drug-likeness (QED) is 0.727. The molecule has 0 bridgehead atoms. The minimum Gasteiger partial charge on any atom is -0.497 e. The van der Waals surface area contributed by atoms with E-state index in [0.29, 0.717) is 18.1 Å². The van der Waals surface area contributed by atoms with E-state index in [1.165, 1.54) is 0 Å². The molecular weight excluding hydrogens is 342 g/mol. The number of nitrogens with zero attached hydrogens (tertiary/aromatic N) is 2. The van der Waals surface area contributed by atoms with Gasteiger partial charge < -0.3 is 14.4 Å². The fourth-order valence-corrected chi connectivity index (χ4v) is 3.20. The molecule has 1 amide bonds. The van der Waals surface area contributed by atoms with E-state index in [2.05, 4.69) is 22.3 Å². The van der Waals surface area contributed by atoms with E-state index in [-0.39, 0.29) is 11.9 Å². The molecule has 1 saturated heterocycles. The summed E-state index contributed by atoms with van der Waals surface area (Å²) in [5.74, 6) is 1.38. The second-order valence-corrected chi connectivity index (χ2v) is 6.46. The van der Waals surface area contributed by atoms with Crippen molar-refractivity contribution in [2.24, 2.45) is 0 Å². The molecule has 1 aromatic heterocycles. The number of amides is 1. The van der Waals surface area contributed by atoms with Crippen LogP contribution >= 0.6 is 0 Å². The second kappa shape index (κ2) is 7.53. The summed E-state index contributed by atoms with van der Waals surface area (Å²) in [5.41, 5.74) is 2.33. The molecule has 0 radical (unpaired) electrons. The average molecular weight is 363 g/mol. The van der Waals surface area contributed by atoms with Crippen molar-refractivity contribution >= 4 is 5.91 Å². The van der Waals surface area contributed by atoms with Crippen molar-refractivity contribution in [1.82, 2.24) is 15.1 Å². The maximum absolute atomic E-state index is 12.8. The Bertz CT molecular complexity index is 923. The first-order valence-electron chi connectivity index (χ1n) is 8.91. The number of nitrogens with one attached hydrogen (secondary N) is 1. The van der Waals surface area contributed by atoms with Crippen LogP contribution in [0.2, 0.25) is 0 Å². The van der Waals surface area contributed by atoms with E-state index >= 15 is 0 Å². The fraction of sp³-hybridized carbons (Fsp3) is 0.238. The highest BCUT2D eigenvalue weighted by Gasteiger charge is 2.34. The number of carbonyl (C=O) groups excluding carboxylic acids is 1. The molecule has 0 saturated carbocycles. The first-order chi connectivity index (χ1) is 13.2. The zero-order valence-corrected chi connectivity index (χ0v) is 15.1. The number of hydrogen-bond donors (Lipinski definition) is 1. The van der Waals surface area contributed by atoms with Crippen LogP contribution in [0.3, 0.4) is 0 Å². The van der Waals surface area contributed by atoms with Gasteiger partial charge in [0.15, 0.2) is 5.69 Å². The van der Waals surface area contributed by atoms with Gasteiger partial charge in [0.25, 0.3) is 5.91 Å². The van der Waals surface area contributed by atoms with Crippen LogP contribution in [0.4, 0.5) is 0 Å². The van der Waals surface area contributed by atoms with Crippen molar-refractivity contribution < 1.29 is 14.3 Å². The molecule has 2 aromatic carbocycles. The molecule has 1 atom stereocenters. The lowest BCUT2D eigenvalue weighted by molar-refractivity contribution is 0.0454. The van der Waals surface area contributed by atoms with E-state index in [4.69, 9.17) is 9.47 Å². The smallest absolute Gasteiger partial charge is 0.274 e. The number of aromatic nitrogens is 2. The molecule has 1 aliphatic heterocycles. The average Bonchev–Trinajstić information content (AvgIpc) is 3.16. The molecule has 27 heavy (non-hydrogen) atoms. The van der Waals surface area contributed by atoms with Crippen LogP contribution < -0.4 is 9.47 Å². The minimum absolute atomic E-state index is 0.0565. The molecule has 2 heterocycles. The third-order valence-corrected chi connectivity index (χ3v) is 4.75. The van der Waals surface area contributed by atoms with Crippen LogP contribution in [0.15, 0.2) is 60.7 Å². The van der Waals surface area contributed by atoms with Crippen LogP contribution in [-0.2, 0) is 6.61 Å². The highest BCUT2D eigenvalue weighted by molar-refractivity contribution is 5.93. The lowest BCUT2D eigenvalue weighted by Crippen LogP contribution is -2.45. The third-order valence-electron chi connectivity index (χ3n) is 4.75. The standard InChI is InChI=1S/C21H21N3O3/c1-26-17-8-5-9-18(13-17)27-14-16-12-19(23-22-16)21(25)24-11-10-20(24)15-6-3-2-4-7-15/h2-9,12-13,20H,10-11,14H2,1H3,(H,22,23). The number of aromatic amines is 1. The first kappa shape index (κ1) is 17.1. The van der Waals surface area contributed by atoms with E-state index in [1.807, 2.05) is 47.4 Å². The number of ether oxygens (including phenoxy) is 2. The van der Waals surface area contributed by atoms with Crippen LogP contribution in [0, 0.1) is 0 Å². The van der Waals surface area contributed by atoms with Crippen molar-refractivity contribution in [3.63, 3.8) is 0 Å². The van der Waals surface area contributed by atoms with E-state index in [1.54, 1.807) is 13.2 Å². The zero-order valence-electron chi connectivity index (χ0n) is 15.1. The maximum atomic E-state index is 12.8. The van der Waals surface area contributed by atoms with Crippen LogP contribution in [0.25, 0.3) is 0 Å². The SMILES string of the molecule is COc1cccc(OCc2cc(C(=O)N3CCC3c3ccccc3)n[nH]2)c1. The van der Waals surface area contributed by atoms with Gasteiger partial charge in [-0.1, -0.05) is 36.4 Å². The Morgan fingerprint density at radius 1 is 1.15 bits per heavy atom. The monoisotopic (exact) mass is 363 g/mol. The highest BCUT2D eigenvalue weighted by atomic mass is 16.5. The number of benzene rings is 2. The Balaban J connectivity index is 1.39. The van der Waals surface area contributed by atoms with Gasteiger partial charge in [-0.05, 0) is 30.2 Å². The normalized spacial score (nSPS) is 15.9. The number of likely N-dealkylation sites (tertiary alicyclic amines) is 1. The van der Waals surface area contributed by atoms with Gasteiger partial charge in [-0.3, -0.25) is 9.89 Å². The third kappa shape index (κ3) is 3.65. The van der Waals surface area contributed by atoms with Gasteiger partial charge in [-0.25, -0.2) is 0 Å². The number of H-pyrrole nitrogens is 1. The van der Waals surface area contributed by atoms with Gasteiger partial charge in [0, 0.05) is 12.6 Å². The molecule has 1 aliphatic rings. The van der Waals surface area contributed by atoms with Crippen LogP contribution in [0.1, 0.15) is 34.2 Å². The molecule has 0 spiro atoms. The molecule has 1 N–H and O–H groups in total. The van der Waals surface area contributed by atoms with Crippen molar-refractivity contribution in [3.8, 4) is 11.5 Å². The van der Waals surface area contributed by atoms with Crippen LogP contribution in [0.5, 0.6) is 11.5 Å². The van der Waals surface area contributed by atoms with E-state index in [0.717, 1.165) is 30.0 Å². The molecule has 3 aromatic rings. The van der Waals surface area contributed by atoms with Crippen LogP contribution in [-0.4, -0.2) is 34.7 Å². The zero-order chi connectivity index (χ0) is 18.6. The Morgan fingerprint density at radius 3 is 2.70 bits per heavy atom. The van der Waals surface area contributed by atoms with Gasteiger partial charge in [-0.15, -0.1) is 0 Å². The number of hydrogen-bond acceptors (Lipinski definition) is 4. The summed E-state index contributed by atoms with van der Waals surface area (Å²) >= 11 is 0. The summed E-state index contributed by atoms with van der Waals surface area (Å²) in [6.45, 7) is 1.05. The molecule has 1 fully saturated rings. The van der Waals surface area contributed by atoms with Crippen molar-refractivity contribution in [1.29, 1.82) is 0 Å². The molecule has 138 valence electrons. The molecule has 6 heteroatoms. The molecule has 4 rings (SSSR count). The summed E-state index contributed by atoms with van der Waals surface area (Å²) in [4.78, 5) is 14.6. The number of carbonyl (C=O) groups is 1. The highest BCUT2D eigenvalue weighted by Crippen LogP contribution is 2.34. The van der Waals surface area contributed by atoms with Gasteiger partial charge in [0.1, 0.15) is 18.1 Å². The summed E-state index contributed by atoms with van der Waals surface area (Å²) in [6, 6.07) is 19.4. The van der Waals surface area contributed by atoms with E-state index < -0.39 is 0 Å². The lowest BCUT2D eigenvalue weighted by atomic mass is 9.94. The van der Waals surface area contributed by atoms with Crippen molar-refractivity contribution in [2.45, 2.75) is 19.1 Å². The van der Waals surface area contributed by atoms with Gasteiger partial charge in [0.05, 0.1) is 18.8 Å². The molecule has 6 nitrogen and oxygen atoms in total. The van der Waals surface area contributed by atoms with Gasteiger partial charge >= 0.3 is 0 Å². The molecule has 0 aliphatic carbocycles. The molecular formula is C21H21N3O3. The Labute approximate surface area is 157 Å². The first-order valence-corrected chi connectivity index (χ1v) is 8.91. The summed E-state index contributed by atoms with van der Waals surface area (Å²) in [5, 5.41) is 7.06. The second-order valence-electron chi connectivity index (χ2n) is 6.46. The van der Waals surface area contributed by atoms with E-state index in [9.17, 15) is 4.79 Å². The fourth-order valence-electron chi connectivity index (χ4n) is 3.20. The predicted molar refractivity (Wildman–Crippen MR) is 101 cm³/mol. The van der Waals surface area contributed by atoms with Gasteiger partial charge in [-0.2, -0.15) is 5.10 Å². The van der Waals surface area contributed by atoms with Crippen molar-refractivity contribution in [3.05, 3.63) is 77.6 Å². The number of methoxy groups -OCH3 is 1. The maximum Gasteiger partial charge on any atom is 0.274 e. The lowest BCUT2D eigenvalue weighted by Gasteiger charge is -2.40. The summed E-state index contributed by atoms with van der Waals surface area (Å²) in [7, 11) is 1.62. The summed E-state index contributed by atoms with van der Waals surface area (Å²) in [6.07, 6.45) is 0.978. The van der Waals surface area contributed by atoms with Crippen molar-refractivity contribution in [2.75, 3.05) is 13.7 Å². The molecule has 1 unspecified atom stereocenters. The Morgan fingerprint density at radius 2 is 1.96 bits per heavy atom.